The third-order valence-electron chi connectivity index (χ3n) is 5.57. The molecule has 1 fully saturated rings. The number of rotatable bonds is 4. The van der Waals surface area contributed by atoms with E-state index >= 15 is 0 Å². The van der Waals surface area contributed by atoms with Crippen LogP contribution in [0.1, 0.15) is 32.3 Å². The quantitative estimate of drug-likeness (QED) is 0.586. The van der Waals surface area contributed by atoms with Crippen molar-refractivity contribution in [2.24, 2.45) is 4.99 Å². The first-order chi connectivity index (χ1) is 14.5. The average Bonchev–Trinajstić information content (AvgIpc) is 3.17. The van der Waals surface area contributed by atoms with E-state index in [1.807, 2.05) is 0 Å². The van der Waals surface area contributed by atoms with Crippen LogP contribution in [0.25, 0.3) is 0 Å². The maximum atomic E-state index is 13.4. The van der Waals surface area contributed by atoms with Crippen LogP contribution in [0.4, 0.5) is 22.0 Å². The van der Waals surface area contributed by atoms with Crippen LogP contribution in [0, 0.1) is 0 Å². The Bertz CT molecular complexity index is 1180. The van der Waals surface area contributed by atoms with E-state index in [0.717, 1.165) is 24.3 Å². The number of benzene rings is 1. The van der Waals surface area contributed by atoms with Crippen LogP contribution in [-0.4, -0.2) is 51.1 Å². The van der Waals surface area contributed by atoms with Crippen LogP contribution >= 0.6 is 0 Å². The summed E-state index contributed by atoms with van der Waals surface area (Å²) in [5, 5.41) is -4.87. The highest BCUT2D eigenvalue weighted by Crippen LogP contribution is 2.40. The molecule has 0 bridgehead atoms. The van der Waals surface area contributed by atoms with E-state index in [1.165, 1.54) is 6.92 Å². The van der Waals surface area contributed by atoms with Gasteiger partial charge in [-0.2, -0.15) is 22.0 Å². The maximum absolute atomic E-state index is 13.4. The first-order valence-electron chi connectivity index (χ1n) is 9.40. The predicted octanol–water partition coefficient (Wildman–Crippen LogP) is 3.78. The van der Waals surface area contributed by atoms with E-state index in [9.17, 15) is 38.8 Å². The minimum atomic E-state index is -5.01. The van der Waals surface area contributed by atoms with Crippen molar-refractivity contribution in [3.05, 3.63) is 41.5 Å². The molecule has 0 aromatic heterocycles. The molecule has 2 aliphatic heterocycles. The number of aliphatic imine (C=N–C) groups is 1. The first kappa shape index (κ1) is 24.8. The van der Waals surface area contributed by atoms with Crippen molar-refractivity contribution in [1.82, 2.24) is 0 Å². The summed E-state index contributed by atoms with van der Waals surface area (Å²) in [7, 11) is -9.26. The van der Waals surface area contributed by atoms with E-state index in [1.54, 1.807) is 0 Å². The van der Waals surface area contributed by atoms with E-state index < -0.39 is 57.5 Å². The second kappa shape index (κ2) is 7.87. The zero-order chi connectivity index (χ0) is 24.2. The van der Waals surface area contributed by atoms with Gasteiger partial charge in [0.25, 0.3) is 9.84 Å². The van der Waals surface area contributed by atoms with E-state index in [2.05, 4.69) is 4.99 Å². The highest BCUT2D eigenvalue weighted by molar-refractivity contribution is 8.07. The van der Waals surface area contributed by atoms with Gasteiger partial charge >= 0.3 is 11.4 Å². The van der Waals surface area contributed by atoms with Crippen LogP contribution in [0.3, 0.4) is 0 Å². The second-order valence-corrected chi connectivity index (χ2v) is 12.6. The van der Waals surface area contributed by atoms with Crippen molar-refractivity contribution in [2.45, 2.75) is 53.9 Å². The molecular weight excluding hydrogens is 481 g/mol. The maximum Gasteiger partial charge on any atom is 0.416 e. The summed E-state index contributed by atoms with van der Waals surface area (Å²) >= 11 is 0. The van der Waals surface area contributed by atoms with Crippen molar-refractivity contribution in [1.29, 1.82) is 0 Å². The zero-order valence-electron chi connectivity index (χ0n) is 17.0. The van der Waals surface area contributed by atoms with Gasteiger partial charge < -0.3 is 4.74 Å². The van der Waals surface area contributed by atoms with Gasteiger partial charge in [0.15, 0.2) is 14.9 Å². The van der Waals surface area contributed by atoms with Gasteiger partial charge in [-0.15, -0.1) is 0 Å². The Morgan fingerprint density at radius 2 is 1.78 bits per heavy atom. The average molecular weight is 501 g/mol. The van der Waals surface area contributed by atoms with Gasteiger partial charge in [0.2, 0.25) is 0 Å². The predicted molar refractivity (Wildman–Crippen MR) is 106 cm³/mol. The molecule has 0 amide bonds. The lowest BCUT2D eigenvalue weighted by molar-refractivity contribution is -0.137. The molecule has 32 heavy (non-hydrogen) atoms. The standard InChI is InChI=1S/C19H20F5NO5S2/c1-17(31(26,27)14-5-3-4-13(9-14)19(22,23)24)6-7-30-15(10-17)12-8-16(25-11-12)32(28,29)18(2,20)21/h3-5,8-9,15H,6-7,10-11H2,1-2H3. The molecule has 1 aromatic rings. The van der Waals surface area contributed by atoms with Gasteiger partial charge in [0.1, 0.15) is 0 Å². The largest absolute Gasteiger partial charge is 0.416 e. The molecule has 0 spiro atoms. The Morgan fingerprint density at radius 1 is 1.12 bits per heavy atom. The Morgan fingerprint density at radius 3 is 2.38 bits per heavy atom. The van der Waals surface area contributed by atoms with Crippen LogP contribution in [-0.2, 0) is 30.6 Å². The normalized spacial score (nSPS) is 25.4. The molecule has 2 aliphatic rings. The lowest BCUT2D eigenvalue weighted by Gasteiger charge is -2.38. The van der Waals surface area contributed by atoms with Crippen molar-refractivity contribution in [2.75, 3.05) is 13.2 Å². The molecule has 0 saturated carbocycles. The minimum absolute atomic E-state index is 0.0194. The minimum Gasteiger partial charge on any atom is -0.374 e. The fourth-order valence-electron chi connectivity index (χ4n) is 3.54. The number of sulfone groups is 2. The number of alkyl halides is 5. The monoisotopic (exact) mass is 501 g/mol. The van der Waals surface area contributed by atoms with Crippen LogP contribution in [0.15, 0.2) is 45.8 Å². The Labute approximate surface area is 182 Å². The van der Waals surface area contributed by atoms with Crippen LogP contribution in [0.2, 0.25) is 0 Å². The zero-order valence-corrected chi connectivity index (χ0v) is 18.6. The molecule has 3 rings (SSSR count). The number of nitrogens with zero attached hydrogens (tertiary/aromatic N) is 1. The van der Waals surface area contributed by atoms with Gasteiger partial charge in [-0.1, -0.05) is 6.07 Å². The molecular formula is C19H20F5NO5S2. The molecule has 2 unspecified atom stereocenters. The fourth-order valence-corrected chi connectivity index (χ4v) is 6.28. The molecule has 13 heteroatoms. The van der Waals surface area contributed by atoms with Crippen molar-refractivity contribution in [3.8, 4) is 0 Å². The summed E-state index contributed by atoms with van der Waals surface area (Å²) < 4.78 is 120. The van der Waals surface area contributed by atoms with Crippen molar-refractivity contribution < 1.29 is 43.5 Å². The summed E-state index contributed by atoms with van der Waals surface area (Å²) in [5.41, 5.74) is -0.897. The number of halogens is 5. The molecule has 2 heterocycles. The molecule has 0 N–H and O–H groups in total. The fraction of sp³-hybridized carbons (Fsp3) is 0.526. The first-order valence-corrected chi connectivity index (χ1v) is 12.4. The molecule has 6 nitrogen and oxygen atoms in total. The SMILES string of the molecule is CC(F)(F)S(=O)(=O)C1=NCC(C2CC(C)(S(=O)(=O)c3cccc(C(F)(F)F)c3)CCO2)=C1. The van der Waals surface area contributed by atoms with E-state index in [0.29, 0.717) is 6.07 Å². The lowest BCUT2D eigenvalue weighted by Crippen LogP contribution is -2.45. The molecule has 1 saturated heterocycles. The number of ether oxygens (including phenoxy) is 1. The van der Waals surface area contributed by atoms with Crippen molar-refractivity contribution >= 4 is 24.7 Å². The van der Waals surface area contributed by atoms with Gasteiger partial charge in [-0.3, -0.25) is 4.99 Å². The molecule has 0 aliphatic carbocycles. The topological polar surface area (TPSA) is 89.9 Å². The lowest BCUT2D eigenvalue weighted by atomic mass is 9.92. The van der Waals surface area contributed by atoms with Gasteiger partial charge in [0, 0.05) is 13.5 Å². The Balaban J connectivity index is 1.89. The summed E-state index contributed by atoms with van der Waals surface area (Å²) in [6.45, 7) is 1.25. The second-order valence-electron chi connectivity index (χ2n) is 7.98. The summed E-state index contributed by atoms with van der Waals surface area (Å²) in [6, 6.07) is 3.41. The summed E-state index contributed by atoms with van der Waals surface area (Å²) in [4.78, 5) is 3.14. The molecule has 2 atom stereocenters. The van der Waals surface area contributed by atoms with Gasteiger partial charge in [-0.25, -0.2) is 16.8 Å². The highest BCUT2D eigenvalue weighted by Gasteiger charge is 2.48. The van der Waals surface area contributed by atoms with Gasteiger partial charge in [-0.05, 0) is 49.6 Å². The van der Waals surface area contributed by atoms with Crippen LogP contribution in [0.5, 0.6) is 0 Å². The van der Waals surface area contributed by atoms with E-state index in [-0.39, 0.29) is 38.5 Å². The smallest absolute Gasteiger partial charge is 0.374 e. The van der Waals surface area contributed by atoms with Crippen LogP contribution < -0.4 is 0 Å². The summed E-state index contributed by atoms with van der Waals surface area (Å²) in [6.07, 6.45) is -4.95. The number of hydrogen-bond acceptors (Lipinski definition) is 6. The third-order valence-corrected chi connectivity index (χ3v) is 9.86. The molecule has 178 valence electrons. The third kappa shape index (κ3) is 4.34. The number of hydrogen-bond donors (Lipinski definition) is 0. The molecule has 0 radical (unpaired) electrons. The Kier molecular flexibility index (Phi) is 6.10. The van der Waals surface area contributed by atoms with Gasteiger partial charge in [0.05, 0.1) is 27.9 Å². The molecule has 1 aromatic carbocycles. The summed E-state index contributed by atoms with van der Waals surface area (Å²) in [5.74, 6) is 0. The highest BCUT2D eigenvalue weighted by atomic mass is 32.2. The van der Waals surface area contributed by atoms with E-state index in [4.69, 9.17) is 4.74 Å². The van der Waals surface area contributed by atoms with Crippen molar-refractivity contribution in [3.63, 3.8) is 0 Å². The Hall–Kier alpha value is -1.86.